The van der Waals surface area contributed by atoms with Gasteiger partial charge in [0.05, 0.1) is 12.4 Å². The van der Waals surface area contributed by atoms with E-state index in [-0.39, 0.29) is 0 Å². The first-order valence-corrected chi connectivity index (χ1v) is 9.22. The van der Waals surface area contributed by atoms with Gasteiger partial charge in [0, 0.05) is 24.5 Å². The molecule has 1 unspecified atom stereocenters. The van der Waals surface area contributed by atoms with Gasteiger partial charge >= 0.3 is 0 Å². The van der Waals surface area contributed by atoms with Crippen LogP contribution in [0.15, 0.2) is 17.0 Å². The van der Waals surface area contributed by atoms with Crippen LogP contribution in [0.2, 0.25) is 0 Å². The number of hydrogen-bond donors (Lipinski definition) is 0. The van der Waals surface area contributed by atoms with Crippen molar-refractivity contribution in [3.63, 3.8) is 0 Å². The average Bonchev–Trinajstić information content (AvgIpc) is 3.18. The molecule has 4 heterocycles. The highest BCUT2D eigenvalue weighted by Crippen LogP contribution is 2.27. The third kappa shape index (κ3) is 3.10. The van der Waals surface area contributed by atoms with Crippen LogP contribution in [0, 0.1) is 26.7 Å². The molecule has 1 fully saturated rings. The largest absolute Gasteiger partial charge is 0.355 e. The standard InChI is InChI=1S/C17H20BrN7/c1-10-14(11(2)25-17(21-10)22-12(3)23-25)6-13-4-5-24(9-13)16-8-19-15(18)7-20-16/h7-8,13H,4-6,9H2,1-3H3. The minimum Gasteiger partial charge on any atom is -0.355 e. The van der Waals surface area contributed by atoms with Crippen LogP contribution in [0.3, 0.4) is 0 Å². The van der Waals surface area contributed by atoms with Crippen LogP contribution in [0.25, 0.3) is 5.78 Å². The van der Waals surface area contributed by atoms with Crippen LogP contribution in [-0.4, -0.2) is 42.6 Å². The van der Waals surface area contributed by atoms with Gasteiger partial charge in [-0.1, -0.05) is 0 Å². The average molecular weight is 402 g/mol. The van der Waals surface area contributed by atoms with Gasteiger partial charge in [-0.05, 0) is 61.0 Å². The molecule has 0 aliphatic carbocycles. The Kier molecular flexibility index (Phi) is 4.15. The predicted octanol–water partition coefficient (Wildman–Crippen LogP) is 2.67. The topological polar surface area (TPSA) is 72.1 Å². The minimum absolute atomic E-state index is 0.576. The first kappa shape index (κ1) is 16.4. The molecule has 0 amide bonds. The van der Waals surface area contributed by atoms with Gasteiger partial charge < -0.3 is 4.90 Å². The van der Waals surface area contributed by atoms with Crippen molar-refractivity contribution in [1.82, 2.24) is 29.5 Å². The summed E-state index contributed by atoms with van der Waals surface area (Å²) in [6.45, 7) is 8.08. The fraction of sp³-hybridized carbons (Fsp3) is 0.471. The van der Waals surface area contributed by atoms with Crippen LogP contribution in [0.1, 0.15) is 29.2 Å². The first-order valence-electron chi connectivity index (χ1n) is 8.43. The summed E-state index contributed by atoms with van der Waals surface area (Å²) < 4.78 is 2.63. The van der Waals surface area contributed by atoms with Crippen LogP contribution < -0.4 is 4.90 Å². The highest BCUT2D eigenvalue weighted by Gasteiger charge is 2.26. The van der Waals surface area contributed by atoms with Crippen LogP contribution >= 0.6 is 15.9 Å². The predicted molar refractivity (Wildman–Crippen MR) is 98.7 cm³/mol. The Morgan fingerprint density at radius 2 is 2.00 bits per heavy atom. The lowest BCUT2D eigenvalue weighted by Crippen LogP contribution is -2.22. The Hall–Kier alpha value is -2.09. The van der Waals surface area contributed by atoms with Gasteiger partial charge in [-0.25, -0.2) is 19.5 Å². The second kappa shape index (κ2) is 6.33. The summed E-state index contributed by atoms with van der Waals surface area (Å²) in [4.78, 5) is 20.1. The van der Waals surface area contributed by atoms with Gasteiger partial charge in [0.1, 0.15) is 16.2 Å². The number of rotatable bonds is 3. The molecule has 25 heavy (non-hydrogen) atoms. The zero-order valence-electron chi connectivity index (χ0n) is 14.6. The molecule has 1 saturated heterocycles. The zero-order valence-corrected chi connectivity index (χ0v) is 16.2. The Morgan fingerprint density at radius 3 is 2.76 bits per heavy atom. The Labute approximate surface area is 154 Å². The highest BCUT2D eigenvalue weighted by molar-refractivity contribution is 9.10. The lowest BCUT2D eigenvalue weighted by Gasteiger charge is -2.18. The van der Waals surface area contributed by atoms with Gasteiger partial charge in [-0.2, -0.15) is 10.1 Å². The van der Waals surface area contributed by atoms with E-state index in [1.807, 2.05) is 17.6 Å². The molecule has 8 heteroatoms. The normalized spacial score (nSPS) is 17.6. The molecule has 1 aliphatic rings. The molecule has 0 bridgehead atoms. The van der Waals surface area contributed by atoms with Gasteiger partial charge in [0.2, 0.25) is 0 Å². The molecule has 1 aliphatic heterocycles. The third-order valence-electron chi connectivity index (χ3n) is 4.86. The molecule has 0 spiro atoms. The Balaban J connectivity index is 1.55. The van der Waals surface area contributed by atoms with Crippen molar-refractivity contribution in [2.45, 2.75) is 33.6 Å². The van der Waals surface area contributed by atoms with E-state index in [0.29, 0.717) is 11.7 Å². The van der Waals surface area contributed by atoms with Crippen molar-refractivity contribution in [2.75, 3.05) is 18.0 Å². The lowest BCUT2D eigenvalue weighted by molar-refractivity contribution is 0.577. The molecule has 0 saturated carbocycles. The molecule has 130 valence electrons. The van der Waals surface area contributed by atoms with Crippen LogP contribution in [0.5, 0.6) is 0 Å². The van der Waals surface area contributed by atoms with Gasteiger partial charge in [-0.15, -0.1) is 0 Å². The van der Waals surface area contributed by atoms with Gasteiger partial charge in [0.25, 0.3) is 5.78 Å². The summed E-state index contributed by atoms with van der Waals surface area (Å²) in [5.41, 5.74) is 3.48. The van der Waals surface area contributed by atoms with Gasteiger partial charge in [0.15, 0.2) is 0 Å². The fourth-order valence-electron chi connectivity index (χ4n) is 3.57. The number of nitrogens with zero attached hydrogens (tertiary/aromatic N) is 7. The second-order valence-corrected chi connectivity index (χ2v) is 7.45. The van der Waals surface area contributed by atoms with Crippen LogP contribution in [0.4, 0.5) is 5.82 Å². The molecular formula is C17H20BrN7. The number of anilines is 1. The summed E-state index contributed by atoms with van der Waals surface area (Å²) in [6, 6.07) is 0. The molecule has 0 aromatic carbocycles. The second-order valence-electron chi connectivity index (χ2n) is 6.63. The maximum Gasteiger partial charge on any atom is 0.252 e. The summed E-state index contributed by atoms with van der Waals surface area (Å²) in [5, 5.41) is 4.47. The molecule has 0 radical (unpaired) electrons. The molecule has 3 aromatic heterocycles. The summed E-state index contributed by atoms with van der Waals surface area (Å²) >= 11 is 3.34. The van der Waals surface area contributed by atoms with Crippen LogP contribution in [-0.2, 0) is 6.42 Å². The summed E-state index contributed by atoms with van der Waals surface area (Å²) in [5.74, 6) is 2.97. The molecule has 1 atom stereocenters. The van der Waals surface area contributed by atoms with E-state index in [4.69, 9.17) is 0 Å². The number of aromatic nitrogens is 6. The molecular weight excluding hydrogens is 382 g/mol. The summed E-state index contributed by atoms with van der Waals surface area (Å²) in [7, 11) is 0. The fourth-order valence-corrected chi connectivity index (χ4v) is 3.77. The third-order valence-corrected chi connectivity index (χ3v) is 5.27. The number of fused-ring (bicyclic) bond motifs is 1. The van der Waals surface area contributed by atoms with E-state index < -0.39 is 0 Å². The molecule has 7 nitrogen and oxygen atoms in total. The van der Waals surface area contributed by atoms with E-state index in [1.54, 1.807) is 6.20 Å². The maximum absolute atomic E-state index is 4.63. The SMILES string of the molecule is Cc1nc2nc(C)c(CC3CCN(c4cnc(Br)cn4)C3)c(C)n2n1. The first-order chi connectivity index (χ1) is 12.0. The van der Waals surface area contributed by atoms with Crippen molar-refractivity contribution >= 4 is 27.5 Å². The number of aryl methyl sites for hydroxylation is 3. The van der Waals surface area contributed by atoms with Crippen molar-refractivity contribution in [2.24, 2.45) is 5.92 Å². The van der Waals surface area contributed by atoms with E-state index in [2.05, 4.69) is 59.7 Å². The number of hydrogen-bond acceptors (Lipinski definition) is 6. The Morgan fingerprint density at radius 1 is 1.16 bits per heavy atom. The molecule has 0 N–H and O–H groups in total. The van der Waals surface area contributed by atoms with Crippen molar-refractivity contribution in [3.05, 3.63) is 39.8 Å². The van der Waals surface area contributed by atoms with E-state index >= 15 is 0 Å². The van der Waals surface area contributed by atoms with Crippen molar-refractivity contribution < 1.29 is 0 Å². The van der Waals surface area contributed by atoms with Crippen molar-refractivity contribution in [1.29, 1.82) is 0 Å². The van der Waals surface area contributed by atoms with Gasteiger partial charge in [-0.3, -0.25) is 0 Å². The van der Waals surface area contributed by atoms with E-state index in [1.165, 1.54) is 5.56 Å². The lowest BCUT2D eigenvalue weighted by atomic mass is 9.96. The number of halogens is 1. The quantitative estimate of drug-likeness (QED) is 0.671. The van der Waals surface area contributed by atoms with E-state index in [0.717, 1.165) is 53.6 Å². The summed E-state index contributed by atoms with van der Waals surface area (Å²) in [6.07, 6.45) is 5.72. The minimum atomic E-state index is 0.576. The molecule has 4 rings (SSSR count). The Bertz CT molecular complexity index is 919. The monoisotopic (exact) mass is 401 g/mol. The van der Waals surface area contributed by atoms with Crippen molar-refractivity contribution in [3.8, 4) is 0 Å². The smallest absolute Gasteiger partial charge is 0.252 e. The maximum atomic E-state index is 4.63. The van der Waals surface area contributed by atoms with E-state index in [9.17, 15) is 0 Å². The highest BCUT2D eigenvalue weighted by atomic mass is 79.9. The zero-order chi connectivity index (χ0) is 17.6. The molecule has 3 aromatic rings.